The van der Waals surface area contributed by atoms with Crippen molar-refractivity contribution in [2.45, 2.75) is 37.7 Å². The van der Waals surface area contributed by atoms with Gasteiger partial charge in [0.05, 0.1) is 5.56 Å². The molecule has 0 unspecified atom stereocenters. The van der Waals surface area contributed by atoms with Crippen molar-refractivity contribution in [3.8, 4) is 5.88 Å². The zero-order valence-corrected chi connectivity index (χ0v) is 19.1. The molecule has 3 heterocycles. The van der Waals surface area contributed by atoms with Gasteiger partial charge in [0.2, 0.25) is 5.88 Å². The van der Waals surface area contributed by atoms with Gasteiger partial charge in [-0.1, -0.05) is 30.3 Å². The lowest BCUT2D eigenvalue weighted by Gasteiger charge is -2.37. The van der Waals surface area contributed by atoms with Crippen molar-refractivity contribution < 1.29 is 41.8 Å². The van der Waals surface area contributed by atoms with Crippen LogP contribution in [-0.4, -0.2) is 77.3 Å². The standard InChI is InChI=1S/C24H24F3N3O6/c25-24(26,27)15-36-20-7-6-17(12-28-20)21(31)29-10-8-18(9-11-29)30-19(14-35-23(30)33)22(32)34-13-16-4-2-1-3-5-16/h1-7,12,18-19H,8-11,13-15H2/t19-/m0/s1. The summed E-state index contributed by atoms with van der Waals surface area (Å²) in [6.07, 6.45) is -3.08. The second-order valence-corrected chi connectivity index (χ2v) is 8.41. The number of esters is 1. The third-order valence-corrected chi connectivity index (χ3v) is 5.92. The van der Waals surface area contributed by atoms with Crippen LogP contribution >= 0.6 is 0 Å². The van der Waals surface area contributed by atoms with Crippen LogP contribution in [-0.2, 0) is 20.9 Å². The molecular formula is C24H24F3N3O6. The van der Waals surface area contributed by atoms with E-state index in [0.29, 0.717) is 25.9 Å². The molecule has 2 saturated heterocycles. The van der Waals surface area contributed by atoms with E-state index in [4.69, 9.17) is 9.47 Å². The number of alkyl halides is 3. The molecule has 9 nitrogen and oxygen atoms in total. The topological polar surface area (TPSA) is 98.3 Å². The van der Waals surface area contributed by atoms with Gasteiger partial charge in [-0.2, -0.15) is 13.2 Å². The molecule has 4 rings (SSSR count). The highest BCUT2D eigenvalue weighted by Crippen LogP contribution is 2.26. The molecule has 2 amide bonds. The van der Waals surface area contributed by atoms with Gasteiger partial charge in [0.25, 0.3) is 5.91 Å². The number of piperidine rings is 1. The summed E-state index contributed by atoms with van der Waals surface area (Å²) in [4.78, 5) is 44.6. The Morgan fingerprint density at radius 2 is 1.81 bits per heavy atom. The van der Waals surface area contributed by atoms with Gasteiger partial charge in [0.1, 0.15) is 13.2 Å². The Hall–Kier alpha value is -3.83. The number of carbonyl (C=O) groups excluding carboxylic acids is 3. The Morgan fingerprint density at radius 3 is 2.44 bits per heavy atom. The van der Waals surface area contributed by atoms with E-state index in [0.717, 1.165) is 11.8 Å². The first-order valence-electron chi connectivity index (χ1n) is 11.3. The van der Waals surface area contributed by atoms with E-state index >= 15 is 0 Å². The van der Waals surface area contributed by atoms with Crippen molar-refractivity contribution >= 4 is 18.0 Å². The molecule has 192 valence electrons. The van der Waals surface area contributed by atoms with E-state index in [1.807, 2.05) is 30.3 Å². The number of ether oxygens (including phenoxy) is 3. The number of benzene rings is 1. The van der Waals surface area contributed by atoms with Gasteiger partial charge in [-0.15, -0.1) is 0 Å². The van der Waals surface area contributed by atoms with Gasteiger partial charge in [0.15, 0.2) is 12.6 Å². The molecule has 0 radical (unpaired) electrons. The maximum atomic E-state index is 12.8. The number of likely N-dealkylation sites (tertiary alicyclic amines) is 1. The zero-order valence-electron chi connectivity index (χ0n) is 19.1. The van der Waals surface area contributed by atoms with Gasteiger partial charge >= 0.3 is 18.2 Å². The molecule has 0 N–H and O–H groups in total. The summed E-state index contributed by atoms with van der Waals surface area (Å²) < 4.78 is 51.9. The molecule has 12 heteroatoms. The first-order chi connectivity index (χ1) is 17.2. The molecule has 2 aromatic rings. The Labute approximate surface area is 204 Å². The SMILES string of the molecule is O=C(OCc1ccccc1)[C@@H]1COC(=O)N1C1CCN(C(=O)c2ccc(OCC(F)(F)F)nc2)CC1. The van der Waals surface area contributed by atoms with Crippen LogP contribution in [0.2, 0.25) is 0 Å². The fourth-order valence-corrected chi connectivity index (χ4v) is 4.12. The number of aromatic nitrogens is 1. The van der Waals surface area contributed by atoms with Gasteiger partial charge < -0.3 is 19.1 Å². The number of carbonyl (C=O) groups is 3. The summed E-state index contributed by atoms with van der Waals surface area (Å²) in [6.45, 7) is -0.865. The minimum Gasteiger partial charge on any atom is -0.468 e. The number of hydrogen-bond acceptors (Lipinski definition) is 7. The lowest BCUT2D eigenvalue weighted by molar-refractivity contribution is -0.154. The molecular weight excluding hydrogens is 483 g/mol. The number of pyridine rings is 1. The molecule has 2 aliphatic rings. The van der Waals surface area contributed by atoms with Crippen molar-refractivity contribution in [2.75, 3.05) is 26.3 Å². The van der Waals surface area contributed by atoms with Crippen LogP contribution in [0.25, 0.3) is 0 Å². The highest BCUT2D eigenvalue weighted by atomic mass is 19.4. The third-order valence-electron chi connectivity index (χ3n) is 5.92. The monoisotopic (exact) mass is 507 g/mol. The molecule has 2 aliphatic heterocycles. The largest absolute Gasteiger partial charge is 0.468 e. The van der Waals surface area contributed by atoms with E-state index in [2.05, 4.69) is 9.72 Å². The fourth-order valence-electron chi connectivity index (χ4n) is 4.12. The summed E-state index contributed by atoms with van der Waals surface area (Å²) in [5.41, 5.74) is 1.03. The third kappa shape index (κ3) is 6.23. The van der Waals surface area contributed by atoms with Crippen molar-refractivity contribution in [1.82, 2.24) is 14.8 Å². The number of halogens is 3. The van der Waals surface area contributed by atoms with Crippen LogP contribution < -0.4 is 4.74 Å². The van der Waals surface area contributed by atoms with Crippen molar-refractivity contribution in [1.29, 1.82) is 0 Å². The molecule has 0 spiro atoms. The lowest BCUT2D eigenvalue weighted by atomic mass is 10.0. The normalized spacial score (nSPS) is 18.6. The van der Waals surface area contributed by atoms with Crippen LogP contribution in [0.15, 0.2) is 48.7 Å². The molecule has 1 atom stereocenters. The molecule has 2 fully saturated rings. The predicted molar refractivity (Wildman–Crippen MR) is 118 cm³/mol. The maximum Gasteiger partial charge on any atom is 0.422 e. The number of cyclic esters (lactones) is 1. The molecule has 1 aromatic heterocycles. The second-order valence-electron chi connectivity index (χ2n) is 8.41. The summed E-state index contributed by atoms with van der Waals surface area (Å²) in [5.74, 6) is -1.13. The van der Waals surface area contributed by atoms with Crippen LogP contribution in [0.4, 0.5) is 18.0 Å². The van der Waals surface area contributed by atoms with Crippen molar-refractivity contribution in [3.63, 3.8) is 0 Å². The van der Waals surface area contributed by atoms with E-state index < -0.39 is 30.9 Å². The van der Waals surface area contributed by atoms with Crippen LogP contribution in [0.1, 0.15) is 28.8 Å². The molecule has 36 heavy (non-hydrogen) atoms. The van der Waals surface area contributed by atoms with E-state index in [1.165, 1.54) is 17.0 Å². The zero-order chi connectivity index (χ0) is 25.7. The Balaban J connectivity index is 1.30. The van der Waals surface area contributed by atoms with Gasteiger partial charge in [-0.05, 0) is 24.5 Å². The number of hydrogen-bond donors (Lipinski definition) is 0. The molecule has 0 aliphatic carbocycles. The fraction of sp³-hybridized carbons (Fsp3) is 0.417. The quantitative estimate of drug-likeness (QED) is 0.531. The van der Waals surface area contributed by atoms with Crippen LogP contribution in [0, 0.1) is 0 Å². The first-order valence-corrected chi connectivity index (χ1v) is 11.3. The van der Waals surface area contributed by atoms with Crippen LogP contribution in [0.5, 0.6) is 5.88 Å². The molecule has 1 aromatic carbocycles. The summed E-state index contributed by atoms with van der Waals surface area (Å²) >= 11 is 0. The van der Waals surface area contributed by atoms with Crippen molar-refractivity contribution in [2.24, 2.45) is 0 Å². The highest BCUT2D eigenvalue weighted by Gasteiger charge is 2.44. The predicted octanol–water partition coefficient (Wildman–Crippen LogP) is 3.19. The van der Waals surface area contributed by atoms with Crippen LogP contribution in [0.3, 0.4) is 0 Å². The lowest BCUT2D eigenvalue weighted by Crippen LogP contribution is -2.52. The molecule has 0 saturated carbocycles. The number of rotatable bonds is 7. The van der Waals surface area contributed by atoms with Crippen molar-refractivity contribution in [3.05, 3.63) is 59.8 Å². The average molecular weight is 507 g/mol. The maximum absolute atomic E-state index is 12.8. The number of amides is 2. The minimum absolute atomic E-state index is 0.0826. The summed E-state index contributed by atoms with van der Waals surface area (Å²) in [7, 11) is 0. The van der Waals surface area contributed by atoms with E-state index in [9.17, 15) is 27.6 Å². The highest BCUT2D eigenvalue weighted by molar-refractivity contribution is 5.94. The van der Waals surface area contributed by atoms with Gasteiger partial charge in [-0.25, -0.2) is 14.6 Å². The van der Waals surface area contributed by atoms with Gasteiger partial charge in [0, 0.05) is 31.4 Å². The number of nitrogens with zero attached hydrogens (tertiary/aromatic N) is 3. The molecule has 0 bridgehead atoms. The average Bonchev–Trinajstić information content (AvgIpc) is 3.27. The van der Waals surface area contributed by atoms with Gasteiger partial charge in [-0.3, -0.25) is 9.69 Å². The summed E-state index contributed by atoms with van der Waals surface area (Å²) in [6, 6.07) is 10.6. The minimum atomic E-state index is -4.49. The Bertz CT molecular complexity index is 1070. The smallest absolute Gasteiger partial charge is 0.422 e. The Morgan fingerprint density at radius 1 is 1.08 bits per heavy atom. The second kappa shape index (κ2) is 10.8. The Kier molecular flexibility index (Phi) is 7.61. The van der Waals surface area contributed by atoms with E-state index in [-0.39, 0.29) is 36.6 Å². The first kappa shape index (κ1) is 25.3. The van der Waals surface area contributed by atoms with E-state index in [1.54, 1.807) is 4.90 Å². The summed E-state index contributed by atoms with van der Waals surface area (Å²) in [5, 5.41) is 0.